The Labute approximate surface area is 149 Å². The van der Waals surface area contributed by atoms with Crippen molar-refractivity contribution >= 4 is 17.5 Å². The molecule has 5 heteroatoms. The third kappa shape index (κ3) is 5.72. The third-order valence-electron chi connectivity index (χ3n) is 3.81. The van der Waals surface area contributed by atoms with Crippen molar-refractivity contribution in [2.45, 2.75) is 19.9 Å². The minimum atomic E-state index is -0.154. The van der Waals surface area contributed by atoms with Gasteiger partial charge < -0.3 is 15.5 Å². The summed E-state index contributed by atoms with van der Waals surface area (Å²) in [5.41, 5.74) is 3.43. The van der Waals surface area contributed by atoms with Crippen LogP contribution < -0.4 is 10.6 Å². The SMILES string of the molecule is Cc1ccccc1C(=O)NCCC(=O)Nc1ccccc1CN(C)C. The van der Waals surface area contributed by atoms with Gasteiger partial charge >= 0.3 is 0 Å². The van der Waals surface area contributed by atoms with Crippen LogP contribution in [0, 0.1) is 6.92 Å². The third-order valence-corrected chi connectivity index (χ3v) is 3.81. The monoisotopic (exact) mass is 339 g/mol. The first-order valence-corrected chi connectivity index (χ1v) is 8.33. The maximum Gasteiger partial charge on any atom is 0.251 e. The molecule has 0 saturated heterocycles. The Bertz CT molecular complexity index is 741. The van der Waals surface area contributed by atoms with Crippen molar-refractivity contribution in [3.8, 4) is 0 Å². The number of benzene rings is 2. The van der Waals surface area contributed by atoms with E-state index in [1.165, 1.54) is 0 Å². The van der Waals surface area contributed by atoms with Crippen molar-refractivity contribution in [3.63, 3.8) is 0 Å². The molecule has 2 aromatic rings. The number of amides is 2. The molecule has 25 heavy (non-hydrogen) atoms. The van der Waals surface area contributed by atoms with E-state index in [2.05, 4.69) is 10.6 Å². The lowest BCUT2D eigenvalue weighted by Gasteiger charge is -2.15. The Morgan fingerprint density at radius 3 is 2.40 bits per heavy atom. The van der Waals surface area contributed by atoms with Gasteiger partial charge in [-0.15, -0.1) is 0 Å². The number of nitrogens with one attached hydrogen (secondary N) is 2. The fraction of sp³-hybridized carbons (Fsp3) is 0.300. The highest BCUT2D eigenvalue weighted by molar-refractivity contribution is 5.96. The van der Waals surface area contributed by atoms with Crippen LogP contribution in [0.3, 0.4) is 0 Å². The van der Waals surface area contributed by atoms with E-state index in [0.717, 1.165) is 23.4 Å². The van der Waals surface area contributed by atoms with Gasteiger partial charge in [-0.3, -0.25) is 9.59 Å². The van der Waals surface area contributed by atoms with Crippen LogP contribution in [0.1, 0.15) is 27.9 Å². The number of rotatable bonds is 7. The van der Waals surface area contributed by atoms with Crippen LogP contribution in [0.2, 0.25) is 0 Å². The fourth-order valence-corrected chi connectivity index (χ4v) is 2.55. The van der Waals surface area contributed by atoms with Gasteiger partial charge in [0.15, 0.2) is 0 Å². The number of para-hydroxylation sites is 1. The van der Waals surface area contributed by atoms with Gasteiger partial charge in [-0.25, -0.2) is 0 Å². The molecule has 0 aliphatic rings. The quantitative estimate of drug-likeness (QED) is 0.815. The molecule has 2 aromatic carbocycles. The average Bonchev–Trinajstić information content (AvgIpc) is 2.56. The summed E-state index contributed by atoms with van der Waals surface area (Å²) in [6, 6.07) is 15.1. The van der Waals surface area contributed by atoms with Gasteiger partial charge in [0.25, 0.3) is 5.91 Å². The van der Waals surface area contributed by atoms with E-state index in [1.54, 1.807) is 6.07 Å². The van der Waals surface area contributed by atoms with Gasteiger partial charge in [0, 0.05) is 30.8 Å². The van der Waals surface area contributed by atoms with E-state index in [1.807, 2.05) is 68.4 Å². The van der Waals surface area contributed by atoms with Crippen molar-refractivity contribution < 1.29 is 9.59 Å². The van der Waals surface area contributed by atoms with Gasteiger partial charge in [0.1, 0.15) is 0 Å². The van der Waals surface area contributed by atoms with Gasteiger partial charge in [-0.05, 0) is 44.3 Å². The highest BCUT2D eigenvalue weighted by Gasteiger charge is 2.10. The van der Waals surface area contributed by atoms with Crippen molar-refractivity contribution in [2.24, 2.45) is 0 Å². The molecule has 0 aromatic heterocycles. The molecule has 0 unspecified atom stereocenters. The second kappa shape index (κ2) is 8.99. The number of aryl methyl sites for hydroxylation is 1. The van der Waals surface area contributed by atoms with E-state index in [9.17, 15) is 9.59 Å². The number of hydrogen-bond donors (Lipinski definition) is 2. The largest absolute Gasteiger partial charge is 0.352 e. The minimum Gasteiger partial charge on any atom is -0.352 e. The lowest BCUT2D eigenvalue weighted by Crippen LogP contribution is -2.28. The lowest BCUT2D eigenvalue weighted by molar-refractivity contribution is -0.116. The van der Waals surface area contributed by atoms with Gasteiger partial charge in [-0.2, -0.15) is 0 Å². The number of anilines is 1. The molecule has 2 N–H and O–H groups in total. The van der Waals surface area contributed by atoms with Crippen LogP contribution >= 0.6 is 0 Å². The Hall–Kier alpha value is -2.66. The van der Waals surface area contributed by atoms with Crippen molar-refractivity contribution in [3.05, 3.63) is 65.2 Å². The first-order valence-electron chi connectivity index (χ1n) is 8.33. The molecule has 0 radical (unpaired) electrons. The Balaban J connectivity index is 1.85. The zero-order chi connectivity index (χ0) is 18.2. The molecule has 0 fully saturated rings. The molecular formula is C20H25N3O2. The summed E-state index contributed by atoms with van der Waals surface area (Å²) >= 11 is 0. The molecule has 0 aliphatic heterocycles. The second-order valence-electron chi connectivity index (χ2n) is 6.26. The van der Waals surface area contributed by atoms with E-state index in [4.69, 9.17) is 0 Å². The van der Waals surface area contributed by atoms with Crippen LogP contribution in [0.15, 0.2) is 48.5 Å². The molecule has 0 aliphatic carbocycles. The van der Waals surface area contributed by atoms with Crippen molar-refractivity contribution in [2.75, 3.05) is 26.0 Å². The number of carbonyl (C=O) groups excluding carboxylic acids is 2. The van der Waals surface area contributed by atoms with E-state index >= 15 is 0 Å². The summed E-state index contributed by atoms with van der Waals surface area (Å²) in [7, 11) is 3.97. The zero-order valence-electron chi connectivity index (χ0n) is 15.0. The highest BCUT2D eigenvalue weighted by atomic mass is 16.2. The molecule has 0 heterocycles. The van der Waals surface area contributed by atoms with E-state index in [-0.39, 0.29) is 18.2 Å². The van der Waals surface area contributed by atoms with Crippen LogP contribution in [0.4, 0.5) is 5.69 Å². The van der Waals surface area contributed by atoms with Gasteiger partial charge in [0.2, 0.25) is 5.91 Å². The van der Waals surface area contributed by atoms with Gasteiger partial charge in [-0.1, -0.05) is 36.4 Å². The smallest absolute Gasteiger partial charge is 0.251 e. The predicted molar refractivity (Wildman–Crippen MR) is 101 cm³/mol. The summed E-state index contributed by atoms with van der Waals surface area (Å²) < 4.78 is 0. The Morgan fingerprint density at radius 1 is 1.00 bits per heavy atom. The average molecular weight is 339 g/mol. The molecule has 2 amide bonds. The second-order valence-corrected chi connectivity index (χ2v) is 6.26. The molecule has 0 bridgehead atoms. The minimum absolute atomic E-state index is 0.115. The maximum absolute atomic E-state index is 12.2. The molecule has 0 spiro atoms. The summed E-state index contributed by atoms with van der Waals surface area (Å²) in [6.07, 6.45) is 0.230. The maximum atomic E-state index is 12.2. The van der Waals surface area contributed by atoms with Crippen LogP contribution in [0.25, 0.3) is 0 Å². The summed E-state index contributed by atoms with van der Waals surface area (Å²) in [6.45, 7) is 2.94. The molecule has 132 valence electrons. The fourth-order valence-electron chi connectivity index (χ4n) is 2.55. The normalized spacial score (nSPS) is 10.6. The van der Waals surface area contributed by atoms with Crippen LogP contribution in [0.5, 0.6) is 0 Å². The zero-order valence-corrected chi connectivity index (χ0v) is 15.0. The standard InChI is InChI=1S/C20H25N3O2/c1-15-8-4-6-10-17(15)20(25)21-13-12-19(24)22-18-11-7-5-9-16(18)14-23(2)3/h4-11H,12-14H2,1-3H3,(H,21,25)(H,22,24). The van der Waals surface area contributed by atoms with Crippen molar-refractivity contribution in [1.82, 2.24) is 10.2 Å². The lowest BCUT2D eigenvalue weighted by atomic mass is 10.1. The summed E-state index contributed by atoms with van der Waals surface area (Å²) in [5.74, 6) is -0.268. The first-order chi connectivity index (χ1) is 12.0. The molecule has 0 saturated carbocycles. The van der Waals surface area contributed by atoms with E-state index < -0.39 is 0 Å². The summed E-state index contributed by atoms with van der Waals surface area (Å²) in [4.78, 5) is 26.3. The molecule has 2 rings (SSSR count). The number of nitrogens with zero attached hydrogens (tertiary/aromatic N) is 1. The topological polar surface area (TPSA) is 61.4 Å². The predicted octanol–water partition coefficient (Wildman–Crippen LogP) is 2.82. The Kier molecular flexibility index (Phi) is 6.71. The molecule has 5 nitrogen and oxygen atoms in total. The van der Waals surface area contributed by atoms with Crippen LogP contribution in [-0.2, 0) is 11.3 Å². The first kappa shape index (κ1) is 18.7. The van der Waals surface area contributed by atoms with Crippen LogP contribution in [-0.4, -0.2) is 37.4 Å². The highest BCUT2D eigenvalue weighted by Crippen LogP contribution is 2.16. The summed E-state index contributed by atoms with van der Waals surface area (Å²) in [5, 5.41) is 5.72. The molecule has 0 atom stereocenters. The van der Waals surface area contributed by atoms with E-state index in [0.29, 0.717) is 12.1 Å². The van der Waals surface area contributed by atoms with Gasteiger partial charge in [0.05, 0.1) is 0 Å². The molecular weight excluding hydrogens is 314 g/mol. The van der Waals surface area contributed by atoms with Crippen molar-refractivity contribution in [1.29, 1.82) is 0 Å². The number of hydrogen-bond acceptors (Lipinski definition) is 3. The number of carbonyl (C=O) groups is 2. The Morgan fingerprint density at radius 2 is 1.68 bits per heavy atom.